The Labute approximate surface area is 86.4 Å². The molecule has 0 spiro atoms. The third kappa shape index (κ3) is 1.55. The van der Waals surface area contributed by atoms with Crippen molar-refractivity contribution in [3.8, 4) is 12.3 Å². The zero-order valence-electron chi connectivity index (χ0n) is 8.50. The molecule has 0 fully saturated rings. The smallest absolute Gasteiger partial charge is 0.0737 e. The highest BCUT2D eigenvalue weighted by Crippen LogP contribution is 2.39. The second kappa shape index (κ2) is 3.88. The molecule has 0 radical (unpaired) electrons. The second-order valence-corrected chi connectivity index (χ2v) is 4.08. The summed E-state index contributed by atoms with van der Waals surface area (Å²) in [6.07, 6.45) is 22.6. The van der Waals surface area contributed by atoms with Gasteiger partial charge in [-0.3, -0.25) is 0 Å². The maximum absolute atomic E-state index is 5.69. The summed E-state index contributed by atoms with van der Waals surface area (Å²) in [7, 11) is 0. The van der Waals surface area contributed by atoms with E-state index in [9.17, 15) is 0 Å². The number of rotatable bonds is 1. The van der Waals surface area contributed by atoms with Crippen molar-refractivity contribution in [1.82, 2.24) is 0 Å². The minimum atomic E-state index is -0.0881. The first kappa shape index (κ1) is 9.34. The highest BCUT2D eigenvalue weighted by molar-refractivity contribution is 5.38. The van der Waals surface area contributed by atoms with Crippen LogP contribution in [0.5, 0.6) is 0 Å². The Balaban J connectivity index is 2.29. The molecule has 0 nitrogen and oxygen atoms in total. The standard InChI is InChI=1S/C14H16/c1-2-14(11-7-4-8-12-14)13-9-5-3-6-10-13/h1,4,7-9,11H,3,5-6,10,12H2. The molecular weight excluding hydrogens is 168 g/mol. The summed E-state index contributed by atoms with van der Waals surface area (Å²) in [6, 6.07) is 0. The molecule has 0 amide bonds. The fourth-order valence-corrected chi connectivity index (χ4v) is 2.30. The Morgan fingerprint density at radius 2 is 2.21 bits per heavy atom. The lowest BCUT2D eigenvalue weighted by Crippen LogP contribution is -2.20. The van der Waals surface area contributed by atoms with E-state index < -0.39 is 0 Å². The Morgan fingerprint density at radius 3 is 2.79 bits per heavy atom. The van der Waals surface area contributed by atoms with Crippen molar-refractivity contribution in [2.75, 3.05) is 0 Å². The summed E-state index contributed by atoms with van der Waals surface area (Å²) < 4.78 is 0. The van der Waals surface area contributed by atoms with Crippen LogP contribution in [-0.4, -0.2) is 0 Å². The van der Waals surface area contributed by atoms with Crippen LogP contribution >= 0.6 is 0 Å². The van der Waals surface area contributed by atoms with Gasteiger partial charge < -0.3 is 0 Å². The second-order valence-electron chi connectivity index (χ2n) is 4.08. The van der Waals surface area contributed by atoms with Gasteiger partial charge in [-0.25, -0.2) is 0 Å². The molecule has 2 aliphatic carbocycles. The van der Waals surface area contributed by atoms with Crippen molar-refractivity contribution < 1.29 is 0 Å². The Kier molecular flexibility index (Phi) is 2.59. The zero-order valence-corrected chi connectivity index (χ0v) is 8.50. The third-order valence-corrected chi connectivity index (χ3v) is 3.19. The summed E-state index contributed by atoms with van der Waals surface area (Å²) in [5.41, 5.74) is 1.38. The molecule has 1 atom stereocenters. The van der Waals surface area contributed by atoms with E-state index in [-0.39, 0.29) is 5.41 Å². The molecule has 72 valence electrons. The van der Waals surface area contributed by atoms with Crippen molar-refractivity contribution in [1.29, 1.82) is 0 Å². The van der Waals surface area contributed by atoms with E-state index in [1.165, 1.54) is 31.3 Å². The van der Waals surface area contributed by atoms with Crippen molar-refractivity contribution in [3.63, 3.8) is 0 Å². The van der Waals surface area contributed by atoms with Gasteiger partial charge in [0, 0.05) is 0 Å². The van der Waals surface area contributed by atoms with E-state index in [0.717, 1.165) is 6.42 Å². The highest BCUT2D eigenvalue weighted by Gasteiger charge is 2.29. The van der Waals surface area contributed by atoms with E-state index in [2.05, 4.69) is 36.3 Å². The number of terminal acetylenes is 1. The summed E-state index contributed by atoms with van der Waals surface area (Å²) in [5, 5.41) is 0. The van der Waals surface area contributed by atoms with E-state index in [4.69, 9.17) is 6.42 Å². The van der Waals surface area contributed by atoms with Gasteiger partial charge >= 0.3 is 0 Å². The van der Waals surface area contributed by atoms with Crippen LogP contribution in [-0.2, 0) is 0 Å². The quantitative estimate of drug-likeness (QED) is 0.431. The van der Waals surface area contributed by atoms with Crippen LogP contribution in [0.2, 0.25) is 0 Å². The fourth-order valence-electron chi connectivity index (χ4n) is 2.30. The summed E-state index contributed by atoms with van der Waals surface area (Å²) >= 11 is 0. The minimum absolute atomic E-state index is 0.0881. The molecule has 2 rings (SSSR count). The molecule has 14 heavy (non-hydrogen) atoms. The molecule has 0 aromatic heterocycles. The monoisotopic (exact) mass is 184 g/mol. The topological polar surface area (TPSA) is 0 Å². The molecule has 1 unspecified atom stereocenters. The van der Waals surface area contributed by atoms with Crippen molar-refractivity contribution in [3.05, 3.63) is 36.0 Å². The van der Waals surface area contributed by atoms with E-state index in [1.807, 2.05) is 0 Å². The van der Waals surface area contributed by atoms with Crippen LogP contribution in [0.4, 0.5) is 0 Å². The molecule has 0 heteroatoms. The average Bonchev–Trinajstić information content (AvgIpc) is 2.31. The summed E-state index contributed by atoms with van der Waals surface area (Å²) in [6.45, 7) is 0. The van der Waals surface area contributed by atoms with Gasteiger partial charge in [-0.2, -0.15) is 0 Å². The van der Waals surface area contributed by atoms with Crippen LogP contribution in [0.25, 0.3) is 0 Å². The lowest BCUT2D eigenvalue weighted by Gasteiger charge is -2.30. The normalized spacial score (nSPS) is 30.9. The zero-order chi connectivity index (χ0) is 9.86. The Morgan fingerprint density at radius 1 is 1.29 bits per heavy atom. The molecule has 0 N–H and O–H groups in total. The molecule has 0 aliphatic heterocycles. The first-order valence-electron chi connectivity index (χ1n) is 5.39. The number of hydrogen-bond acceptors (Lipinski definition) is 0. The molecule has 0 aromatic carbocycles. The third-order valence-electron chi connectivity index (χ3n) is 3.19. The van der Waals surface area contributed by atoms with Crippen LogP contribution in [0.1, 0.15) is 32.1 Å². The molecule has 0 bridgehead atoms. The lowest BCUT2D eigenvalue weighted by molar-refractivity contribution is 0.543. The number of hydrogen-bond donors (Lipinski definition) is 0. The van der Waals surface area contributed by atoms with Crippen molar-refractivity contribution in [2.45, 2.75) is 32.1 Å². The first-order chi connectivity index (χ1) is 6.87. The molecule has 0 heterocycles. The Bertz CT molecular complexity index is 336. The highest BCUT2D eigenvalue weighted by atomic mass is 14.3. The van der Waals surface area contributed by atoms with Crippen LogP contribution < -0.4 is 0 Å². The lowest BCUT2D eigenvalue weighted by atomic mass is 9.72. The Hall–Kier alpha value is -1.22. The van der Waals surface area contributed by atoms with Gasteiger partial charge in [0.2, 0.25) is 0 Å². The largest absolute Gasteiger partial charge is 0.119 e. The predicted molar refractivity (Wildman–Crippen MR) is 60.7 cm³/mol. The molecule has 0 saturated carbocycles. The van der Waals surface area contributed by atoms with Gasteiger partial charge in [0.25, 0.3) is 0 Å². The van der Waals surface area contributed by atoms with Gasteiger partial charge in [0.1, 0.15) is 0 Å². The predicted octanol–water partition coefficient (Wildman–Crippen LogP) is 3.62. The minimum Gasteiger partial charge on any atom is -0.119 e. The van der Waals surface area contributed by atoms with Gasteiger partial charge in [0.15, 0.2) is 0 Å². The van der Waals surface area contributed by atoms with Crippen molar-refractivity contribution >= 4 is 0 Å². The van der Waals surface area contributed by atoms with Crippen molar-refractivity contribution in [2.24, 2.45) is 5.41 Å². The molecule has 0 aromatic rings. The van der Waals surface area contributed by atoms with E-state index in [1.54, 1.807) is 0 Å². The van der Waals surface area contributed by atoms with Crippen LogP contribution in [0.15, 0.2) is 36.0 Å². The SMILES string of the molecule is C#CC1(C2=CCCCC2)C=CC=CC1. The van der Waals surface area contributed by atoms with Gasteiger partial charge in [0.05, 0.1) is 5.41 Å². The maximum Gasteiger partial charge on any atom is 0.0737 e. The van der Waals surface area contributed by atoms with Gasteiger partial charge in [-0.15, -0.1) is 6.42 Å². The molecular formula is C14H16. The molecule has 0 saturated heterocycles. The van der Waals surface area contributed by atoms with Crippen LogP contribution in [0.3, 0.4) is 0 Å². The first-order valence-corrected chi connectivity index (χ1v) is 5.39. The summed E-state index contributed by atoms with van der Waals surface area (Å²) in [5.74, 6) is 2.98. The van der Waals surface area contributed by atoms with Gasteiger partial charge in [-0.05, 0) is 32.1 Å². The van der Waals surface area contributed by atoms with E-state index >= 15 is 0 Å². The number of allylic oxidation sites excluding steroid dienone is 6. The fraction of sp³-hybridized carbons (Fsp3) is 0.429. The average molecular weight is 184 g/mol. The van der Waals surface area contributed by atoms with E-state index in [0.29, 0.717) is 0 Å². The molecule has 2 aliphatic rings. The van der Waals surface area contributed by atoms with Gasteiger partial charge in [-0.1, -0.05) is 41.9 Å². The summed E-state index contributed by atoms with van der Waals surface area (Å²) in [4.78, 5) is 0. The van der Waals surface area contributed by atoms with Crippen LogP contribution in [0, 0.1) is 17.8 Å². The maximum atomic E-state index is 5.69.